The van der Waals surface area contributed by atoms with Crippen molar-refractivity contribution < 1.29 is 0 Å². The van der Waals surface area contributed by atoms with Gasteiger partial charge < -0.3 is 9.80 Å². The van der Waals surface area contributed by atoms with E-state index in [2.05, 4.69) is 204 Å². The molecule has 7 aromatic rings. The second-order valence-electron chi connectivity index (χ2n) is 12.2. The highest BCUT2D eigenvalue weighted by Crippen LogP contribution is 2.58. The Balaban J connectivity index is 1.28. The van der Waals surface area contributed by atoms with Crippen LogP contribution in [0.3, 0.4) is 0 Å². The van der Waals surface area contributed by atoms with Gasteiger partial charge in [-0.3, -0.25) is 0 Å². The van der Waals surface area contributed by atoms with Gasteiger partial charge in [0, 0.05) is 28.9 Å². The molecule has 1 unspecified atom stereocenters. The van der Waals surface area contributed by atoms with Crippen LogP contribution in [-0.2, 0) is 5.54 Å². The van der Waals surface area contributed by atoms with Gasteiger partial charge >= 0.3 is 0 Å². The Morgan fingerprint density at radius 1 is 0.404 bits per heavy atom. The number of rotatable bonds is 5. The molecular formula is C45H32N2. The molecule has 2 aliphatic rings. The topological polar surface area (TPSA) is 6.48 Å². The minimum atomic E-state index is -0.547. The lowest BCUT2D eigenvalue weighted by Crippen LogP contribution is -2.46. The molecule has 0 fully saturated rings. The summed E-state index contributed by atoms with van der Waals surface area (Å²) >= 11 is 0. The van der Waals surface area contributed by atoms with Gasteiger partial charge in [0.25, 0.3) is 0 Å². The second-order valence-corrected chi connectivity index (χ2v) is 12.2. The molecule has 1 heterocycles. The van der Waals surface area contributed by atoms with Crippen LogP contribution in [0.4, 0.5) is 22.7 Å². The SMILES string of the molecule is C1=CN(c2ccccc2)C2(c3ccccc31)c1ccccc1-c1ccc(N(c3ccccc3)c3ccc(-c4ccccc4)cc3)cc12. The summed E-state index contributed by atoms with van der Waals surface area (Å²) in [5.41, 5.74) is 14.0. The van der Waals surface area contributed by atoms with Crippen LogP contribution in [0.15, 0.2) is 188 Å². The van der Waals surface area contributed by atoms with E-state index in [1.807, 2.05) is 0 Å². The molecular weight excluding hydrogens is 569 g/mol. The van der Waals surface area contributed by atoms with E-state index in [1.54, 1.807) is 0 Å². The normalized spacial score (nSPS) is 15.6. The molecule has 1 aliphatic carbocycles. The fourth-order valence-corrected chi connectivity index (χ4v) is 7.63. The Hall–Kier alpha value is -6.12. The standard InChI is InChI=1S/C45H32N2/c1-4-14-33(15-5-1)34-24-26-38(27-25-34)47(37-19-8-3-9-20-37)39-28-29-41-40-21-11-13-23-43(40)45(44(41)32-39)42-22-12-10-16-35(42)30-31-46(45)36-17-6-2-7-18-36/h1-32H. The molecule has 7 aromatic carbocycles. The molecule has 0 radical (unpaired) electrons. The van der Waals surface area contributed by atoms with Gasteiger partial charge in [-0.15, -0.1) is 0 Å². The first-order valence-electron chi connectivity index (χ1n) is 16.2. The highest BCUT2D eigenvalue weighted by Gasteiger charge is 2.51. The zero-order valence-electron chi connectivity index (χ0n) is 25.9. The zero-order valence-corrected chi connectivity index (χ0v) is 25.9. The van der Waals surface area contributed by atoms with Crippen molar-refractivity contribution in [1.29, 1.82) is 0 Å². The average molecular weight is 601 g/mol. The molecule has 2 nitrogen and oxygen atoms in total. The van der Waals surface area contributed by atoms with Crippen LogP contribution in [-0.4, -0.2) is 0 Å². The monoisotopic (exact) mass is 600 g/mol. The van der Waals surface area contributed by atoms with E-state index in [0.29, 0.717) is 0 Å². The van der Waals surface area contributed by atoms with Crippen LogP contribution in [0.2, 0.25) is 0 Å². The lowest BCUT2D eigenvalue weighted by molar-refractivity contribution is 0.632. The molecule has 0 aromatic heterocycles. The summed E-state index contributed by atoms with van der Waals surface area (Å²) in [5.74, 6) is 0. The van der Waals surface area contributed by atoms with Gasteiger partial charge in [-0.2, -0.15) is 0 Å². The molecule has 1 atom stereocenters. The van der Waals surface area contributed by atoms with Gasteiger partial charge in [-0.1, -0.05) is 133 Å². The van der Waals surface area contributed by atoms with Gasteiger partial charge in [0.1, 0.15) is 5.54 Å². The molecule has 47 heavy (non-hydrogen) atoms. The number of hydrogen-bond donors (Lipinski definition) is 0. The van der Waals surface area contributed by atoms with Crippen molar-refractivity contribution in [2.75, 3.05) is 9.80 Å². The molecule has 9 rings (SSSR count). The second kappa shape index (κ2) is 11.0. The van der Waals surface area contributed by atoms with E-state index < -0.39 is 5.54 Å². The van der Waals surface area contributed by atoms with Crippen LogP contribution < -0.4 is 9.80 Å². The highest BCUT2D eigenvalue weighted by molar-refractivity contribution is 5.91. The van der Waals surface area contributed by atoms with E-state index in [4.69, 9.17) is 0 Å². The fourth-order valence-electron chi connectivity index (χ4n) is 7.63. The van der Waals surface area contributed by atoms with Gasteiger partial charge in [0.15, 0.2) is 0 Å². The molecule has 0 saturated carbocycles. The Labute approximate surface area is 276 Å². The van der Waals surface area contributed by atoms with Gasteiger partial charge in [-0.05, 0) is 99.1 Å². The minimum Gasteiger partial charge on any atom is -0.329 e. The number of para-hydroxylation sites is 2. The molecule has 2 heteroatoms. The maximum absolute atomic E-state index is 2.48. The van der Waals surface area contributed by atoms with E-state index in [0.717, 1.165) is 22.7 Å². The number of hydrogen-bond acceptors (Lipinski definition) is 2. The van der Waals surface area contributed by atoms with Crippen LogP contribution in [0.5, 0.6) is 0 Å². The van der Waals surface area contributed by atoms with Crippen molar-refractivity contribution in [3.05, 3.63) is 210 Å². The molecule has 222 valence electrons. The molecule has 0 saturated heterocycles. The summed E-state index contributed by atoms with van der Waals surface area (Å²) in [4.78, 5) is 4.86. The minimum absolute atomic E-state index is 0.547. The van der Waals surface area contributed by atoms with E-state index in [-0.39, 0.29) is 0 Å². The predicted molar refractivity (Wildman–Crippen MR) is 196 cm³/mol. The van der Waals surface area contributed by atoms with Gasteiger partial charge in [0.2, 0.25) is 0 Å². The molecule has 0 amide bonds. The van der Waals surface area contributed by atoms with Crippen molar-refractivity contribution >= 4 is 28.8 Å². The Bertz CT molecular complexity index is 2240. The summed E-state index contributed by atoms with van der Waals surface area (Å²) < 4.78 is 0. The van der Waals surface area contributed by atoms with Crippen LogP contribution in [0.1, 0.15) is 22.3 Å². The first-order valence-corrected chi connectivity index (χ1v) is 16.2. The average Bonchev–Trinajstić information content (AvgIpc) is 3.43. The third-order valence-electron chi connectivity index (χ3n) is 9.65. The number of fused-ring (bicyclic) bond motifs is 7. The van der Waals surface area contributed by atoms with Crippen molar-refractivity contribution in [3.8, 4) is 22.3 Å². The van der Waals surface area contributed by atoms with Crippen molar-refractivity contribution in [3.63, 3.8) is 0 Å². The Morgan fingerprint density at radius 2 is 0.957 bits per heavy atom. The van der Waals surface area contributed by atoms with Crippen molar-refractivity contribution in [1.82, 2.24) is 0 Å². The maximum Gasteiger partial charge on any atom is 0.122 e. The van der Waals surface area contributed by atoms with Crippen LogP contribution in [0, 0.1) is 0 Å². The fraction of sp³-hybridized carbons (Fsp3) is 0.0222. The largest absolute Gasteiger partial charge is 0.329 e. The highest BCUT2D eigenvalue weighted by atomic mass is 15.2. The molecule has 0 bridgehead atoms. The first kappa shape index (κ1) is 27.2. The molecule has 0 N–H and O–H groups in total. The maximum atomic E-state index is 2.48. The number of nitrogens with zero attached hydrogens (tertiary/aromatic N) is 2. The van der Waals surface area contributed by atoms with Crippen LogP contribution in [0.25, 0.3) is 28.3 Å². The predicted octanol–water partition coefficient (Wildman–Crippen LogP) is 11.6. The van der Waals surface area contributed by atoms with E-state index >= 15 is 0 Å². The quantitative estimate of drug-likeness (QED) is 0.194. The molecule has 1 spiro atoms. The first-order chi connectivity index (χ1) is 23.3. The molecule has 1 aliphatic heterocycles. The third kappa shape index (κ3) is 4.26. The van der Waals surface area contributed by atoms with E-state index in [9.17, 15) is 0 Å². The Kier molecular flexibility index (Phi) is 6.39. The lowest BCUT2D eigenvalue weighted by Gasteiger charge is -2.46. The Morgan fingerprint density at radius 3 is 1.72 bits per heavy atom. The van der Waals surface area contributed by atoms with Crippen molar-refractivity contribution in [2.24, 2.45) is 0 Å². The summed E-state index contributed by atoms with van der Waals surface area (Å²) in [6, 6.07) is 65.8. The van der Waals surface area contributed by atoms with Crippen molar-refractivity contribution in [2.45, 2.75) is 5.54 Å². The third-order valence-corrected chi connectivity index (χ3v) is 9.65. The number of anilines is 4. The smallest absolute Gasteiger partial charge is 0.122 e. The summed E-state index contributed by atoms with van der Waals surface area (Å²) in [6.07, 6.45) is 4.52. The summed E-state index contributed by atoms with van der Waals surface area (Å²) in [5, 5.41) is 0. The van der Waals surface area contributed by atoms with Crippen LogP contribution >= 0.6 is 0 Å². The zero-order chi connectivity index (χ0) is 31.2. The van der Waals surface area contributed by atoms with E-state index in [1.165, 1.54) is 44.5 Å². The summed E-state index contributed by atoms with van der Waals surface area (Å²) in [6.45, 7) is 0. The van der Waals surface area contributed by atoms with Gasteiger partial charge in [0.05, 0.1) is 0 Å². The number of benzene rings is 7. The summed E-state index contributed by atoms with van der Waals surface area (Å²) in [7, 11) is 0. The van der Waals surface area contributed by atoms with Gasteiger partial charge in [-0.25, -0.2) is 0 Å². The lowest BCUT2D eigenvalue weighted by atomic mass is 9.75.